The van der Waals surface area contributed by atoms with Crippen LogP contribution in [-0.4, -0.2) is 0 Å². The van der Waals surface area contributed by atoms with Gasteiger partial charge in [-0.25, -0.2) is 0 Å². The highest BCUT2D eigenvalue weighted by Crippen LogP contribution is 2.27. The molecule has 0 heterocycles. The van der Waals surface area contributed by atoms with Crippen LogP contribution in [0.5, 0.6) is 0 Å². The van der Waals surface area contributed by atoms with E-state index >= 15 is 0 Å². The van der Waals surface area contributed by atoms with E-state index < -0.39 is 0 Å². The lowest BCUT2D eigenvalue weighted by Crippen LogP contribution is -1.91. The zero-order valence-corrected chi connectivity index (χ0v) is 13.5. The molecule has 106 valence electrons. The van der Waals surface area contributed by atoms with Gasteiger partial charge in [-0.1, -0.05) is 72.7 Å². The maximum absolute atomic E-state index is 4.15. The van der Waals surface area contributed by atoms with E-state index in [2.05, 4.69) is 83.7 Å². The number of aryl methyl sites for hydroxylation is 1. The first-order valence-electron chi connectivity index (χ1n) is 7.26. The lowest BCUT2D eigenvalue weighted by Gasteiger charge is -2.12. The Bertz CT molecular complexity index is 548. The largest absolute Gasteiger partial charge is 0.0955 e. The van der Waals surface area contributed by atoms with Gasteiger partial charge in [-0.3, -0.25) is 0 Å². The highest BCUT2D eigenvalue weighted by atomic mass is 14.1. The zero-order chi connectivity index (χ0) is 15.1. The van der Waals surface area contributed by atoms with Gasteiger partial charge >= 0.3 is 0 Å². The van der Waals surface area contributed by atoms with Crippen LogP contribution < -0.4 is 0 Å². The molecule has 0 fully saturated rings. The predicted octanol–water partition coefficient (Wildman–Crippen LogP) is 6.26. The minimum atomic E-state index is 1.06. The molecule has 0 aromatic heterocycles. The molecule has 0 spiro atoms. The molecule has 0 unspecified atom stereocenters. The Labute approximate surface area is 124 Å². The van der Waals surface area contributed by atoms with Gasteiger partial charge in [-0.2, -0.15) is 0 Å². The first-order valence-corrected chi connectivity index (χ1v) is 7.26. The molecule has 0 aliphatic rings. The van der Waals surface area contributed by atoms with Crippen molar-refractivity contribution < 1.29 is 0 Å². The Morgan fingerprint density at radius 1 is 1.15 bits per heavy atom. The fraction of sp³-hybridized carbons (Fsp3) is 0.300. The second-order valence-electron chi connectivity index (χ2n) is 5.32. The summed E-state index contributed by atoms with van der Waals surface area (Å²) in [5.41, 5.74) is 7.47. The van der Waals surface area contributed by atoms with Crippen LogP contribution in [0.2, 0.25) is 0 Å². The van der Waals surface area contributed by atoms with Crippen molar-refractivity contribution in [2.45, 2.75) is 41.0 Å². The molecule has 0 aliphatic carbocycles. The molecule has 0 atom stereocenters. The van der Waals surface area contributed by atoms with Gasteiger partial charge in [0.2, 0.25) is 0 Å². The van der Waals surface area contributed by atoms with E-state index in [1.165, 1.54) is 27.8 Å². The van der Waals surface area contributed by atoms with Gasteiger partial charge in [0, 0.05) is 0 Å². The van der Waals surface area contributed by atoms with Crippen LogP contribution in [0.3, 0.4) is 0 Å². The van der Waals surface area contributed by atoms with E-state index in [-0.39, 0.29) is 0 Å². The van der Waals surface area contributed by atoms with Crippen molar-refractivity contribution >= 4 is 5.57 Å². The van der Waals surface area contributed by atoms with E-state index in [9.17, 15) is 0 Å². The minimum absolute atomic E-state index is 1.06. The average Bonchev–Trinajstić information content (AvgIpc) is 2.43. The quantitative estimate of drug-likeness (QED) is 0.552. The van der Waals surface area contributed by atoms with Gasteiger partial charge in [-0.15, -0.1) is 0 Å². The minimum Gasteiger partial charge on any atom is -0.0955 e. The van der Waals surface area contributed by atoms with Gasteiger partial charge in [0.15, 0.2) is 0 Å². The molecular weight excluding hydrogens is 240 g/mol. The van der Waals surface area contributed by atoms with Crippen molar-refractivity contribution in [3.05, 3.63) is 76.9 Å². The van der Waals surface area contributed by atoms with Gasteiger partial charge in [0.05, 0.1) is 0 Å². The number of hydrogen-bond donors (Lipinski definition) is 0. The van der Waals surface area contributed by atoms with Crippen molar-refractivity contribution in [3.63, 3.8) is 0 Å². The van der Waals surface area contributed by atoms with Gasteiger partial charge in [0.25, 0.3) is 0 Å². The van der Waals surface area contributed by atoms with Gasteiger partial charge in [-0.05, 0) is 50.8 Å². The molecule has 0 bridgehead atoms. The molecule has 20 heavy (non-hydrogen) atoms. The lowest BCUT2D eigenvalue weighted by atomic mass is 9.93. The van der Waals surface area contributed by atoms with E-state index in [0.29, 0.717) is 0 Å². The first-order chi connectivity index (χ1) is 9.49. The van der Waals surface area contributed by atoms with E-state index in [1.807, 2.05) is 0 Å². The molecule has 0 nitrogen and oxygen atoms in total. The summed E-state index contributed by atoms with van der Waals surface area (Å²) in [5, 5.41) is 0. The summed E-state index contributed by atoms with van der Waals surface area (Å²) >= 11 is 0. The molecular formula is C20H26. The molecule has 1 rings (SSSR count). The summed E-state index contributed by atoms with van der Waals surface area (Å²) in [7, 11) is 0. The Hall–Kier alpha value is -1.82. The Kier molecular flexibility index (Phi) is 6.24. The van der Waals surface area contributed by atoms with Crippen LogP contribution in [0.4, 0.5) is 0 Å². The van der Waals surface area contributed by atoms with E-state index in [4.69, 9.17) is 0 Å². The van der Waals surface area contributed by atoms with Crippen LogP contribution in [0.25, 0.3) is 5.57 Å². The standard InChI is InChI=1S/C20H26/c1-7-9-19(18-12-10-17(6)11-13-18)20(15(3)4)14-16(5)8-2/h7,9-14H,3,8H2,1-2,4-6H3/b9-7?,16-14-,20-19+. The monoisotopic (exact) mass is 266 g/mol. The fourth-order valence-corrected chi connectivity index (χ4v) is 2.02. The highest BCUT2D eigenvalue weighted by molar-refractivity contribution is 5.81. The topological polar surface area (TPSA) is 0 Å². The van der Waals surface area contributed by atoms with Gasteiger partial charge < -0.3 is 0 Å². The maximum Gasteiger partial charge on any atom is -0.0112 e. The molecule has 0 radical (unpaired) electrons. The molecule has 0 amide bonds. The molecule has 0 aliphatic heterocycles. The van der Waals surface area contributed by atoms with Gasteiger partial charge in [0.1, 0.15) is 0 Å². The third kappa shape index (κ3) is 4.38. The molecule has 0 saturated heterocycles. The highest BCUT2D eigenvalue weighted by Gasteiger charge is 2.06. The summed E-state index contributed by atoms with van der Waals surface area (Å²) < 4.78 is 0. The number of allylic oxidation sites excluding steroid dienone is 7. The second kappa shape index (κ2) is 7.69. The number of rotatable bonds is 5. The molecule has 0 N–H and O–H groups in total. The first kappa shape index (κ1) is 16.2. The molecule has 0 heteroatoms. The van der Waals surface area contributed by atoms with Crippen LogP contribution >= 0.6 is 0 Å². The lowest BCUT2D eigenvalue weighted by molar-refractivity contribution is 1.09. The second-order valence-corrected chi connectivity index (χ2v) is 5.32. The number of hydrogen-bond acceptors (Lipinski definition) is 0. The smallest absolute Gasteiger partial charge is 0.0112 e. The number of benzene rings is 1. The predicted molar refractivity (Wildman–Crippen MR) is 91.8 cm³/mol. The van der Waals surface area contributed by atoms with Crippen LogP contribution in [0, 0.1) is 6.92 Å². The van der Waals surface area contributed by atoms with Crippen molar-refractivity contribution in [1.82, 2.24) is 0 Å². The SMILES string of the molecule is C=C(C)C(/C=C(/C)CC)=C(\C=CC)c1ccc(C)cc1. The average molecular weight is 266 g/mol. The maximum atomic E-state index is 4.15. The third-order valence-electron chi connectivity index (χ3n) is 3.39. The Morgan fingerprint density at radius 3 is 2.20 bits per heavy atom. The third-order valence-corrected chi connectivity index (χ3v) is 3.39. The summed E-state index contributed by atoms with van der Waals surface area (Å²) in [5.74, 6) is 0. The summed E-state index contributed by atoms with van der Waals surface area (Å²) in [4.78, 5) is 0. The van der Waals surface area contributed by atoms with Crippen LogP contribution in [0.15, 0.2) is 65.8 Å². The molecule has 1 aromatic carbocycles. The summed E-state index contributed by atoms with van der Waals surface area (Å²) in [6.07, 6.45) is 7.59. The Morgan fingerprint density at radius 2 is 1.75 bits per heavy atom. The zero-order valence-electron chi connectivity index (χ0n) is 13.5. The fourth-order valence-electron chi connectivity index (χ4n) is 2.02. The van der Waals surface area contributed by atoms with Crippen molar-refractivity contribution in [3.8, 4) is 0 Å². The van der Waals surface area contributed by atoms with Crippen molar-refractivity contribution in [1.29, 1.82) is 0 Å². The molecule has 0 saturated carbocycles. The van der Waals surface area contributed by atoms with E-state index in [1.54, 1.807) is 0 Å². The van der Waals surface area contributed by atoms with Crippen molar-refractivity contribution in [2.24, 2.45) is 0 Å². The van der Waals surface area contributed by atoms with Crippen LogP contribution in [-0.2, 0) is 0 Å². The summed E-state index contributed by atoms with van der Waals surface area (Å²) in [6.45, 7) is 14.8. The normalized spacial score (nSPS) is 13.6. The summed E-state index contributed by atoms with van der Waals surface area (Å²) in [6, 6.07) is 8.68. The molecule has 1 aromatic rings. The van der Waals surface area contributed by atoms with E-state index in [0.717, 1.165) is 12.0 Å². The Balaban J connectivity index is 3.50. The van der Waals surface area contributed by atoms with Crippen LogP contribution in [0.1, 0.15) is 45.2 Å². The van der Waals surface area contributed by atoms with Crippen molar-refractivity contribution in [2.75, 3.05) is 0 Å².